The monoisotopic (exact) mass is 727 g/mol. The SMILES string of the molecule is C=CCc1cccc([C@H]2C3=CC[C@@H]4C(=O)N(c5ccc(C=C)cc5)C(=O)[C@@H]4[C@@H]3C[C@H]3C(=O)N(Nc4ccc(F)cc4)C(=O)[C@@]23c2ccc(Cl)cc2)c1O. The first-order chi connectivity index (χ1) is 25.6. The second kappa shape index (κ2) is 13.0. The zero-order chi connectivity index (χ0) is 37.2. The topological polar surface area (TPSA) is 107 Å². The molecule has 8 nitrogen and oxygen atoms in total. The van der Waals surface area contributed by atoms with E-state index in [0.29, 0.717) is 45.1 Å². The van der Waals surface area contributed by atoms with Crippen LogP contribution in [0, 0.1) is 29.5 Å². The molecule has 2 N–H and O–H groups in total. The van der Waals surface area contributed by atoms with Gasteiger partial charge in [-0.05, 0) is 90.4 Å². The standard InChI is InChI=1S/C43H35ClFN3O5/c1-3-6-25-7-5-8-33(38(25)49)37-31-21-22-32-36(41(52)47(39(32)50)30-19-9-24(4-2)10-20-30)34(31)23-35-40(51)48(46-29-17-15-28(45)16-18-29)42(53)43(35,37)26-11-13-27(44)14-12-26/h3-5,7-21,32,34-37,46,49H,1-2,6,22-23H2/t32-,34+,35-,36-,37+,43+/m0/s1. The Bertz CT molecular complexity index is 2240. The number of nitrogens with one attached hydrogen (secondary N) is 1. The van der Waals surface area contributed by atoms with Crippen LogP contribution in [0.5, 0.6) is 5.75 Å². The number of carbonyl (C=O) groups is 4. The van der Waals surface area contributed by atoms with Crippen LogP contribution >= 0.6 is 11.6 Å². The number of phenols is 1. The molecular formula is C43H35ClFN3O5. The Labute approximate surface area is 310 Å². The maximum atomic E-state index is 15.3. The van der Waals surface area contributed by atoms with Crippen molar-refractivity contribution in [3.63, 3.8) is 0 Å². The predicted octanol–water partition coefficient (Wildman–Crippen LogP) is 7.75. The van der Waals surface area contributed by atoms with Crippen LogP contribution in [0.25, 0.3) is 6.08 Å². The summed E-state index contributed by atoms with van der Waals surface area (Å²) in [4.78, 5) is 60.0. The van der Waals surface area contributed by atoms with Gasteiger partial charge < -0.3 is 5.11 Å². The molecule has 4 aliphatic rings. The summed E-state index contributed by atoms with van der Waals surface area (Å²) in [5.74, 6) is -6.43. The summed E-state index contributed by atoms with van der Waals surface area (Å²) >= 11 is 6.38. The Kier molecular flexibility index (Phi) is 8.41. The average Bonchev–Trinajstić information content (AvgIpc) is 3.54. The zero-order valence-electron chi connectivity index (χ0n) is 28.5. The van der Waals surface area contributed by atoms with E-state index in [-0.39, 0.29) is 30.4 Å². The van der Waals surface area contributed by atoms with Gasteiger partial charge in [-0.25, -0.2) is 4.39 Å². The van der Waals surface area contributed by atoms with Crippen molar-refractivity contribution in [2.24, 2.45) is 23.7 Å². The van der Waals surface area contributed by atoms with Gasteiger partial charge in [-0.15, -0.1) is 6.58 Å². The van der Waals surface area contributed by atoms with E-state index in [4.69, 9.17) is 11.6 Å². The number of para-hydroxylation sites is 1. The van der Waals surface area contributed by atoms with Crippen molar-refractivity contribution >= 4 is 52.7 Å². The maximum absolute atomic E-state index is 15.3. The third-order valence-corrected chi connectivity index (χ3v) is 11.7. The lowest BCUT2D eigenvalue weighted by Gasteiger charge is -2.50. The molecule has 2 saturated heterocycles. The van der Waals surface area contributed by atoms with Gasteiger partial charge in [0.15, 0.2) is 0 Å². The minimum Gasteiger partial charge on any atom is -0.507 e. The van der Waals surface area contributed by atoms with E-state index in [2.05, 4.69) is 18.6 Å². The van der Waals surface area contributed by atoms with Crippen LogP contribution < -0.4 is 10.3 Å². The first kappa shape index (κ1) is 34.3. The molecule has 1 saturated carbocycles. The summed E-state index contributed by atoms with van der Waals surface area (Å²) in [6.07, 6.45) is 5.93. The Morgan fingerprint density at radius 1 is 0.887 bits per heavy atom. The highest BCUT2D eigenvalue weighted by Gasteiger charge is 2.70. The largest absolute Gasteiger partial charge is 0.507 e. The van der Waals surface area contributed by atoms with Gasteiger partial charge in [-0.1, -0.05) is 84.4 Å². The highest BCUT2D eigenvalue weighted by Crippen LogP contribution is 2.65. The number of hydrogen-bond donors (Lipinski definition) is 2. The van der Waals surface area contributed by atoms with E-state index in [1.54, 1.807) is 78.9 Å². The zero-order valence-corrected chi connectivity index (χ0v) is 29.3. The lowest BCUT2D eigenvalue weighted by molar-refractivity contribution is -0.138. The fourth-order valence-electron chi connectivity index (χ4n) is 9.18. The van der Waals surface area contributed by atoms with E-state index < -0.39 is 52.6 Å². The Morgan fingerprint density at radius 2 is 1.60 bits per heavy atom. The molecule has 0 bridgehead atoms. The summed E-state index contributed by atoms with van der Waals surface area (Å²) in [6.45, 7) is 7.64. The molecule has 4 aromatic carbocycles. The molecule has 8 rings (SSSR count). The predicted molar refractivity (Wildman–Crippen MR) is 200 cm³/mol. The lowest BCUT2D eigenvalue weighted by atomic mass is 9.49. The molecule has 0 spiro atoms. The average molecular weight is 728 g/mol. The van der Waals surface area contributed by atoms with Crippen molar-refractivity contribution in [1.82, 2.24) is 5.01 Å². The smallest absolute Gasteiger partial charge is 0.260 e. The van der Waals surface area contributed by atoms with Gasteiger partial charge in [0.2, 0.25) is 11.8 Å². The molecular weight excluding hydrogens is 693 g/mol. The molecule has 10 heteroatoms. The van der Waals surface area contributed by atoms with Gasteiger partial charge in [0.05, 0.1) is 34.5 Å². The fraction of sp³-hybridized carbons (Fsp3) is 0.209. The van der Waals surface area contributed by atoms with Gasteiger partial charge in [0, 0.05) is 16.5 Å². The Hall–Kier alpha value is -5.80. The van der Waals surface area contributed by atoms with Crippen LogP contribution in [0.15, 0.2) is 122 Å². The molecule has 266 valence electrons. The normalized spacial score (nSPS) is 26.2. The molecule has 0 unspecified atom stereocenters. The molecule has 3 fully saturated rings. The van der Waals surface area contributed by atoms with Gasteiger partial charge in [-0.2, -0.15) is 5.01 Å². The highest BCUT2D eigenvalue weighted by molar-refractivity contribution is 6.30. The van der Waals surface area contributed by atoms with Crippen molar-refractivity contribution in [2.45, 2.75) is 30.6 Å². The molecule has 2 aliphatic carbocycles. The van der Waals surface area contributed by atoms with Gasteiger partial charge in [-0.3, -0.25) is 29.5 Å². The quantitative estimate of drug-likeness (QED) is 0.142. The number of carbonyl (C=O) groups excluding carboxylic acids is 4. The minimum absolute atomic E-state index is 0.0453. The van der Waals surface area contributed by atoms with Gasteiger partial charge in [0.25, 0.3) is 11.8 Å². The highest BCUT2D eigenvalue weighted by atomic mass is 35.5. The molecule has 6 atom stereocenters. The van der Waals surface area contributed by atoms with Gasteiger partial charge >= 0.3 is 0 Å². The fourth-order valence-corrected chi connectivity index (χ4v) is 9.30. The number of benzene rings is 4. The minimum atomic E-state index is -1.61. The van der Waals surface area contributed by atoms with Crippen LogP contribution in [0.4, 0.5) is 15.8 Å². The number of rotatable bonds is 8. The van der Waals surface area contributed by atoms with E-state index in [1.165, 1.54) is 29.2 Å². The van der Waals surface area contributed by atoms with E-state index in [1.807, 2.05) is 6.08 Å². The van der Waals surface area contributed by atoms with Crippen LogP contribution in [0.3, 0.4) is 0 Å². The second-order valence-corrected chi connectivity index (χ2v) is 14.5. The molecule has 2 heterocycles. The Balaban J connectivity index is 1.33. The number of amides is 4. The number of anilines is 2. The third kappa shape index (κ3) is 5.16. The van der Waals surface area contributed by atoms with E-state index >= 15 is 4.79 Å². The Morgan fingerprint density at radius 3 is 2.28 bits per heavy atom. The van der Waals surface area contributed by atoms with Crippen molar-refractivity contribution in [3.8, 4) is 5.75 Å². The molecule has 2 aliphatic heterocycles. The summed E-state index contributed by atoms with van der Waals surface area (Å²) < 4.78 is 13.9. The number of fused-ring (bicyclic) bond motifs is 4. The number of imide groups is 2. The van der Waals surface area contributed by atoms with Crippen LogP contribution in [0.1, 0.15) is 41.0 Å². The van der Waals surface area contributed by atoms with Crippen LogP contribution in [0.2, 0.25) is 5.02 Å². The number of hydrogen-bond acceptors (Lipinski definition) is 6. The number of phenolic OH excluding ortho intramolecular Hbond substituents is 1. The summed E-state index contributed by atoms with van der Waals surface area (Å²) in [5.41, 5.74) is 5.13. The summed E-state index contributed by atoms with van der Waals surface area (Å²) in [6, 6.07) is 24.4. The lowest BCUT2D eigenvalue weighted by Crippen LogP contribution is -2.53. The van der Waals surface area contributed by atoms with Crippen molar-refractivity contribution in [3.05, 3.63) is 155 Å². The van der Waals surface area contributed by atoms with Crippen LogP contribution in [-0.2, 0) is 31.0 Å². The number of hydrazine groups is 1. The molecule has 0 aromatic heterocycles. The first-order valence-electron chi connectivity index (χ1n) is 17.5. The van der Waals surface area contributed by atoms with Crippen LogP contribution in [-0.4, -0.2) is 33.7 Å². The molecule has 4 amide bonds. The summed E-state index contributed by atoms with van der Waals surface area (Å²) in [5, 5.41) is 13.4. The number of allylic oxidation sites excluding steroid dienone is 3. The molecule has 0 radical (unpaired) electrons. The van der Waals surface area contributed by atoms with Gasteiger partial charge in [0.1, 0.15) is 11.6 Å². The van der Waals surface area contributed by atoms with Crippen molar-refractivity contribution in [1.29, 1.82) is 0 Å². The van der Waals surface area contributed by atoms with E-state index in [0.717, 1.165) is 10.6 Å². The number of nitrogens with zero attached hydrogens (tertiary/aromatic N) is 2. The third-order valence-electron chi connectivity index (χ3n) is 11.5. The number of halogens is 2. The van der Waals surface area contributed by atoms with E-state index in [9.17, 15) is 23.9 Å². The first-order valence-corrected chi connectivity index (χ1v) is 17.9. The second-order valence-electron chi connectivity index (χ2n) is 14.0. The molecule has 4 aromatic rings. The van der Waals surface area contributed by atoms with Crippen molar-refractivity contribution < 1.29 is 28.7 Å². The molecule has 53 heavy (non-hydrogen) atoms. The maximum Gasteiger partial charge on any atom is 0.260 e. The summed E-state index contributed by atoms with van der Waals surface area (Å²) in [7, 11) is 0. The number of aromatic hydroxyl groups is 1. The van der Waals surface area contributed by atoms with Crippen molar-refractivity contribution in [2.75, 3.05) is 10.3 Å².